The van der Waals surface area contributed by atoms with Gasteiger partial charge in [-0.25, -0.2) is 0 Å². The van der Waals surface area contributed by atoms with Gasteiger partial charge in [-0.05, 0) is 43.2 Å². The van der Waals surface area contributed by atoms with Crippen LogP contribution in [0.3, 0.4) is 0 Å². The van der Waals surface area contributed by atoms with Gasteiger partial charge >= 0.3 is 0 Å². The zero-order chi connectivity index (χ0) is 20.2. The first-order chi connectivity index (χ1) is 13.4. The molecule has 1 aliphatic carbocycles. The Bertz CT molecular complexity index is 1040. The molecule has 1 fully saturated rings. The third kappa shape index (κ3) is 2.33. The van der Waals surface area contributed by atoms with Gasteiger partial charge in [0.05, 0.1) is 23.4 Å². The third-order valence-corrected chi connectivity index (χ3v) is 7.08. The van der Waals surface area contributed by atoms with Crippen LogP contribution in [0.15, 0.2) is 41.1 Å². The molecule has 7 heteroatoms. The van der Waals surface area contributed by atoms with Crippen molar-refractivity contribution < 1.29 is 0 Å². The maximum atomic E-state index is 10.1. The lowest BCUT2D eigenvalue weighted by molar-refractivity contribution is 0.160. The van der Waals surface area contributed by atoms with Gasteiger partial charge in [0.1, 0.15) is 6.07 Å². The fourth-order valence-electron chi connectivity index (χ4n) is 5.19. The molecular weight excluding hydrogens is 393 g/mol. The van der Waals surface area contributed by atoms with E-state index in [9.17, 15) is 15.8 Å². The van der Waals surface area contributed by atoms with Crippen LogP contribution in [0, 0.1) is 45.3 Å². The van der Waals surface area contributed by atoms with Crippen molar-refractivity contribution >= 4 is 23.2 Å². The first-order valence-electron chi connectivity index (χ1n) is 9.01. The molecule has 3 aliphatic rings. The van der Waals surface area contributed by atoms with E-state index >= 15 is 0 Å². The van der Waals surface area contributed by atoms with E-state index in [1.807, 2.05) is 7.05 Å². The number of allylic oxidation sites excluding steroid dienone is 2. The van der Waals surface area contributed by atoms with E-state index in [1.54, 1.807) is 18.2 Å². The number of nitriles is 3. The zero-order valence-corrected chi connectivity index (χ0v) is 16.7. The normalized spacial score (nSPS) is 30.6. The highest BCUT2D eigenvalue weighted by Crippen LogP contribution is 2.59. The number of nitrogens with two attached hydrogens (primary N) is 1. The van der Waals surface area contributed by atoms with Gasteiger partial charge < -0.3 is 5.73 Å². The summed E-state index contributed by atoms with van der Waals surface area (Å²) in [6.45, 7) is 0. The Morgan fingerprint density at radius 2 is 1.89 bits per heavy atom. The summed E-state index contributed by atoms with van der Waals surface area (Å²) in [6.07, 6.45) is 3.96. The van der Waals surface area contributed by atoms with Crippen LogP contribution in [0.5, 0.6) is 0 Å². The van der Waals surface area contributed by atoms with E-state index in [0.29, 0.717) is 15.6 Å². The summed E-state index contributed by atoms with van der Waals surface area (Å²) in [5, 5.41) is 31.0. The van der Waals surface area contributed by atoms with Crippen molar-refractivity contribution in [2.45, 2.75) is 30.8 Å². The minimum absolute atomic E-state index is 0.0162. The number of benzene rings is 1. The maximum Gasteiger partial charge on any atom is 0.191 e. The van der Waals surface area contributed by atoms with Crippen LogP contribution >= 0.6 is 23.2 Å². The molecule has 140 valence electrons. The second kappa shape index (κ2) is 6.54. The number of rotatable bonds is 1. The highest BCUT2D eigenvalue weighted by molar-refractivity contribution is 6.35. The first kappa shape index (κ1) is 18.9. The van der Waals surface area contributed by atoms with E-state index in [1.165, 1.54) is 0 Å². The molecule has 0 amide bonds. The second-order valence-electron chi connectivity index (χ2n) is 7.60. The molecule has 2 bridgehead atoms. The maximum absolute atomic E-state index is 10.1. The van der Waals surface area contributed by atoms with Crippen LogP contribution in [0.4, 0.5) is 0 Å². The highest BCUT2D eigenvalue weighted by atomic mass is 35.5. The summed E-state index contributed by atoms with van der Waals surface area (Å²) >= 11 is 12.6. The average Bonchev–Trinajstić information content (AvgIpc) is 2.91. The van der Waals surface area contributed by atoms with Crippen LogP contribution in [0.2, 0.25) is 10.0 Å². The van der Waals surface area contributed by atoms with Crippen molar-refractivity contribution in [1.82, 2.24) is 4.90 Å². The second-order valence-corrected chi connectivity index (χ2v) is 8.44. The first-order valence-corrected chi connectivity index (χ1v) is 9.77. The third-order valence-electron chi connectivity index (χ3n) is 6.52. The SMILES string of the molecule is CN1C2C=C3C(C#N)=C(N)C(C#N)(C#N)C(c4ccc(Cl)cc4Cl)C3C1CC2. The van der Waals surface area contributed by atoms with Gasteiger partial charge in [-0.2, -0.15) is 15.8 Å². The molecule has 0 spiro atoms. The molecule has 2 N–H and O–H groups in total. The quantitative estimate of drug-likeness (QED) is 0.757. The van der Waals surface area contributed by atoms with Gasteiger partial charge in [-0.15, -0.1) is 0 Å². The number of likely N-dealkylation sites (N-methyl/N-ethyl adjacent to an activating group) is 1. The molecule has 1 saturated heterocycles. The van der Waals surface area contributed by atoms with Crippen molar-refractivity contribution in [2.75, 3.05) is 7.05 Å². The molecule has 2 heterocycles. The molecule has 4 rings (SSSR count). The van der Waals surface area contributed by atoms with E-state index in [-0.39, 0.29) is 29.3 Å². The monoisotopic (exact) mass is 409 g/mol. The standard InChI is InChI=1S/C21H17Cl2N5/c1-28-12-3-5-17(28)18-14(7-12)15(8-24)20(27)21(9-25,10-26)19(18)13-4-2-11(22)6-16(13)23/h2,4,6-7,12,17-19H,3,5,27H2,1H3. The molecule has 4 atom stereocenters. The fraction of sp³-hybridized carbons (Fsp3) is 0.381. The van der Waals surface area contributed by atoms with E-state index < -0.39 is 11.3 Å². The van der Waals surface area contributed by atoms with Crippen molar-refractivity contribution in [1.29, 1.82) is 15.8 Å². The zero-order valence-electron chi connectivity index (χ0n) is 15.2. The minimum atomic E-state index is -1.68. The molecule has 0 aromatic heterocycles. The average molecular weight is 410 g/mol. The van der Waals surface area contributed by atoms with Crippen LogP contribution < -0.4 is 5.73 Å². The Labute approximate surface area is 173 Å². The molecule has 4 unspecified atom stereocenters. The van der Waals surface area contributed by atoms with Gasteiger partial charge in [0, 0.05) is 34.0 Å². The molecular formula is C21H17Cl2N5. The summed E-state index contributed by atoms with van der Waals surface area (Å²) in [7, 11) is 2.05. The van der Waals surface area contributed by atoms with Crippen LogP contribution in [0.1, 0.15) is 24.3 Å². The predicted octanol–water partition coefficient (Wildman–Crippen LogP) is 3.88. The Morgan fingerprint density at radius 3 is 2.50 bits per heavy atom. The molecule has 1 aromatic carbocycles. The Balaban J connectivity index is 2.07. The fourth-order valence-corrected chi connectivity index (χ4v) is 5.71. The Morgan fingerprint density at radius 1 is 1.18 bits per heavy atom. The van der Waals surface area contributed by atoms with Crippen LogP contribution in [-0.4, -0.2) is 24.0 Å². The number of halogens is 2. The van der Waals surface area contributed by atoms with Crippen molar-refractivity contribution in [2.24, 2.45) is 17.1 Å². The van der Waals surface area contributed by atoms with Gasteiger partial charge in [0.2, 0.25) is 0 Å². The van der Waals surface area contributed by atoms with Crippen LogP contribution in [0.25, 0.3) is 0 Å². The lowest BCUT2D eigenvalue weighted by Crippen LogP contribution is -2.51. The topological polar surface area (TPSA) is 101 Å². The largest absolute Gasteiger partial charge is 0.399 e. The summed E-state index contributed by atoms with van der Waals surface area (Å²) < 4.78 is 0. The number of nitrogens with zero attached hydrogens (tertiary/aromatic N) is 4. The lowest BCUT2D eigenvalue weighted by atomic mass is 9.56. The van der Waals surface area contributed by atoms with Gasteiger partial charge in [0.15, 0.2) is 5.41 Å². The lowest BCUT2D eigenvalue weighted by Gasteiger charge is -2.48. The molecule has 2 aliphatic heterocycles. The van der Waals surface area contributed by atoms with Gasteiger partial charge in [0.25, 0.3) is 0 Å². The Hall–Kier alpha value is -2.49. The number of hydrogen-bond acceptors (Lipinski definition) is 5. The highest BCUT2D eigenvalue weighted by Gasteiger charge is 2.58. The summed E-state index contributed by atoms with van der Waals surface area (Å²) in [5.74, 6) is -0.828. The number of hydrogen-bond donors (Lipinski definition) is 1. The summed E-state index contributed by atoms with van der Waals surface area (Å²) in [5.41, 5.74) is 6.43. The minimum Gasteiger partial charge on any atom is -0.399 e. The summed E-state index contributed by atoms with van der Waals surface area (Å²) in [4.78, 5) is 2.26. The number of fused-ring (bicyclic) bond motifs is 4. The van der Waals surface area contributed by atoms with Gasteiger partial charge in [-0.1, -0.05) is 35.3 Å². The van der Waals surface area contributed by atoms with E-state index in [0.717, 1.165) is 18.4 Å². The molecule has 28 heavy (non-hydrogen) atoms. The van der Waals surface area contributed by atoms with Crippen LogP contribution in [-0.2, 0) is 0 Å². The predicted molar refractivity (Wildman–Crippen MR) is 106 cm³/mol. The van der Waals surface area contributed by atoms with E-state index in [2.05, 4.69) is 29.2 Å². The molecule has 1 aromatic rings. The molecule has 5 nitrogen and oxygen atoms in total. The summed E-state index contributed by atoms with van der Waals surface area (Å²) in [6, 6.07) is 11.9. The van der Waals surface area contributed by atoms with E-state index in [4.69, 9.17) is 28.9 Å². The molecule has 0 saturated carbocycles. The van der Waals surface area contributed by atoms with Crippen molar-refractivity contribution in [3.05, 3.63) is 56.7 Å². The Kier molecular flexibility index (Phi) is 4.40. The smallest absolute Gasteiger partial charge is 0.191 e. The van der Waals surface area contributed by atoms with Crippen molar-refractivity contribution in [3.8, 4) is 18.2 Å². The van der Waals surface area contributed by atoms with Crippen molar-refractivity contribution in [3.63, 3.8) is 0 Å². The van der Waals surface area contributed by atoms with Gasteiger partial charge in [-0.3, -0.25) is 4.90 Å². The molecule has 0 radical (unpaired) electrons.